The minimum absolute atomic E-state index is 0.199. The molecule has 1 aromatic carbocycles. The van der Waals surface area contributed by atoms with Crippen LogP contribution in [0.2, 0.25) is 0 Å². The van der Waals surface area contributed by atoms with Crippen molar-refractivity contribution in [3.05, 3.63) is 71.2 Å². The van der Waals surface area contributed by atoms with E-state index in [4.69, 9.17) is 0 Å². The van der Waals surface area contributed by atoms with Crippen molar-refractivity contribution in [2.75, 3.05) is 13.1 Å². The van der Waals surface area contributed by atoms with Crippen LogP contribution in [0.25, 0.3) is 22.8 Å². The molecule has 2 nitrogen and oxygen atoms in total. The van der Waals surface area contributed by atoms with Gasteiger partial charge in [0.15, 0.2) is 0 Å². The Bertz CT molecular complexity index is 978. The lowest BCUT2D eigenvalue weighted by atomic mass is 9.93. The molecule has 0 amide bonds. The maximum Gasteiger partial charge on any atom is 0.131 e. The minimum atomic E-state index is -0.199. The van der Waals surface area contributed by atoms with Gasteiger partial charge < -0.3 is 10.3 Å². The zero-order valence-corrected chi connectivity index (χ0v) is 17.1. The molecule has 0 aliphatic heterocycles. The van der Waals surface area contributed by atoms with Gasteiger partial charge in [0.1, 0.15) is 5.82 Å². The fourth-order valence-electron chi connectivity index (χ4n) is 3.74. The van der Waals surface area contributed by atoms with Crippen LogP contribution in [0.4, 0.5) is 4.39 Å². The van der Waals surface area contributed by atoms with Crippen molar-refractivity contribution in [3.63, 3.8) is 0 Å². The molecule has 0 unspecified atom stereocenters. The predicted molar refractivity (Wildman–Crippen MR) is 118 cm³/mol. The second kappa shape index (κ2) is 9.20. The molecule has 1 aliphatic carbocycles. The van der Waals surface area contributed by atoms with E-state index in [2.05, 4.69) is 43.4 Å². The first-order valence-corrected chi connectivity index (χ1v) is 10.2. The first-order valence-electron chi connectivity index (χ1n) is 10.2. The largest absolute Gasteiger partial charge is 0.361 e. The van der Waals surface area contributed by atoms with Crippen LogP contribution in [0.5, 0.6) is 0 Å². The highest BCUT2D eigenvalue weighted by Gasteiger charge is 2.16. The second-order valence-corrected chi connectivity index (χ2v) is 8.09. The van der Waals surface area contributed by atoms with Crippen molar-refractivity contribution in [1.82, 2.24) is 10.3 Å². The molecular formula is C25H31FN2. The molecule has 0 bridgehead atoms. The third-order valence-electron chi connectivity index (χ3n) is 5.21. The summed E-state index contributed by atoms with van der Waals surface area (Å²) in [6.45, 7) is 15.1. The third-order valence-corrected chi connectivity index (χ3v) is 5.21. The number of rotatable bonds is 8. The Kier molecular flexibility index (Phi) is 6.69. The van der Waals surface area contributed by atoms with Crippen molar-refractivity contribution in [3.8, 4) is 11.1 Å². The quantitative estimate of drug-likeness (QED) is 0.506. The Labute approximate surface area is 167 Å². The van der Waals surface area contributed by atoms with Crippen molar-refractivity contribution in [2.24, 2.45) is 5.92 Å². The second-order valence-electron chi connectivity index (χ2n) is 8.09. The van der Waals surface area contributed by atoms with Crippen LogP contribution in [0.3, 0.4) is 0 Å². The molecule has 0 atom stereocenters. The van der Waals surface area contributed by atoms with Crippen molar-refractivity contribution in [2.45, 2.75) is 39.5 Å². The van der Waals surface area contributed by atoms with E-state index in [9.17, 15) is 4.39 Å². The first-order chi connectivity index (χ1) is 13.5. The van der Waals surface area contributed by atoms with Crippen molar-refractivity contribution >= 4 is 11.6 Å². The molecule has 3 rings (SSSR count). The van der Waals surface area contributed by atoms with Gasteiger partial charge in [-0.15, -0.1) is 0 Å². The topological polar surface area (TPSA) is 27.8 Å². The highest BCUT2D eigenvalue weighted by atomic mass is 19.1. The van der Waals surface area contributed by atoms with Gasteiger partial charge in [-0.05, 0) is 56.3 Å². The van der Waals surface area contributed by atoms with E-state index in [0.29, 0.717) is 11.5 Å². The molecule has 148 valence electrons. The highest BCUT2D eigenvalue weighted by molar-refractivity contribution is 5.75. The number of hydrogen-bond acceptors (Lipinski definition) is 1. The number of aromatic nitrogens is 1. The number of benzene rings is 1. The average Bonchev–Trinajstić information content (AvgIpc) is 2.99. The van der Waals surface area contributed by atoms with E-state index in [-0.39, 0.29) is 5.82 Å². The lowest BCUT2D eigenvalue weighted by Gasteiger charge is -2.13. The summed E-state index contributed by atoms with van der Waals surface area (Å²) in [5.41, 5.74) is 5.02. The molecule has 1 aromatic heterocycles. The smallest absolute Gasteiger partial charge is 0.131 e. The van der Waals surface area contributed by atoms with Gasteiger partial charge in [-0.3, -0.25) is 0 Å². The predicted octanol–water partition coefficient (Wildman–Crippen LogP) is 4.68. The molecule has 2 aromatic rings. The number of fused-ring (bicyclic) bond motifs is 1. The number of hydrogen-bond donors (Lipinski definition) is 2. The summed E-state index contributed by atoms with van der Waals surface area (Å²) >= 11 is 0. The Morgan fingerprint density at radius 2 is 2.04 bits per heavy atom. The van der Waals surface area contributed by atoms with E-state index in [0.717, 1.165) is 66.1 Å². The summed E-state index contributed by atoms with van der Waals surface area (Å²) in [5.74, 6) is 0.458. The number of allylic oxidation sites excluding steroid dienone is 2. The maximum absolute atomic E-state index is 14.5. The van der Waals surface area contributed by atoms with E-state index >= 15 is 0 Å². The van der Waals surface area contributed by atoms with Crippen LogP contribution in [-0.2, 0) is 0 Å². The maximum atomic E-state index is 14.5. The number of aromatic amines is 1. The van der Waals surface area contributed by atoms with Crippen molar-refractivity contribution < 1.29 is 4.39 Å². The minimum Gasteiger partial charge on any atom is -0.361 e. The monoisotopic (exact) mass is 378 g/mol. The summed E-state index contributed by atoms with van der Waals surface area (Å²) < 4.78 is 14.5. The van der Waals surface area contributed by atoms with Gasteiger partial charge in [0.25, 0.3) is 0 Å². The Morgan fingerprint density at radius 1 is 1.25 bits per heavy atom. The van der Waals surface area contributed by atoms with Crippen LogP contribution in [0.1, 0.15) is 39.5 Å². The highest BCUT2D eigenvalue weighted by Crippen LogP contribution is 2.26. The number of H-pyrrole nitrogens is 1. The van der Waals surface area contributed by atoms with Gasteiger partial charge in [0.05, 0.1) is 0 Å². The number of halogens is 1. The van der Waals surface area contributed by atoms with Gasteiger partial charge in [-0.1, -0.05) is 62.4 Å². The first kappa shape index (κ1) is 20.3. The summed E-state index contributed by atoms with van der Waals surface area (Å²) in [7, 11) is 0. The molecule has 0 fully saturated rings. The summed E-state index contributed by atoms with van der Waals surface area (Å²) in [6.07, 6.45) is 7.67. The standard InChI is InChI=1S/C25H31FN2/c1-17(2)15-27-13-7-8-19(4)21-14-18(3)11-12-24-25(21)22(16-28-24)20-9-5-6-10-23(20)26/h5-6,9-10,12,16-17,27-28H,3-4,7-8,11,13-15H2,1-2H3. The van der Waals surface area contributed by atoms with Gasteiger partial charge in [-0.25, -0.2) is 4.39 Å². The Hall–Kier alpha value is -2.39. The normalized spacial score (nSPS) is 14.0. The molecule has 0 saturated carbocycles. The fraction of sp³-hybridized carbons (Fsp3) is 0.360. The van der Waals surface area contributed by atoms with Crippen LogP contribution >= 0.6 is 0 Å². The van der Waals surface area contributed by atoms with Gasteiger partial charge in [-0.2, -0.15) is 0 Å². The zero-order valence-electron chi connectivity index (χ0n) is 17.1. The molecule has 0 saturated heterocycles. The van der Waals surface area contributed by atoms with E-state index in [1.54, 1.807) is 6.07 Å². The average molecular weight is 379 g/mol. The Morgan fingerprint density at radius 3 is 2.79 bits per heavy atom. The van der Waals surface area contributed by atoms with Gasteiger partial charge >= 0.3 is 0 Å². The summed E-state index contributed by atoms with van der Waals surface area (Å²) in [6, 6.07) is 6.97. The van der Waals surface area contributed by atoms with Gasteiger partial charge in [0, 0.05) is 27.9 Å². The van der Waals surface area contributed by atoms with Crippen LogP contribution in [0.15, 0.2) is 54.8 Å². The van der Waals surface area contributed by atoms with E-state index < -0.39 is 0 Å². The van der Waals surface area contributed by atoms with Gasteiger partial charge in [0.2, 0.25) is 0 Å². The van der Waals surface area contributed by atoms with Crippen LogP contribution in [-0.4, -0.2) is 18.1 Å². The molecule has 0 radical (unpaired) electrons. The SMILES string of the molecule is C=C1CC=c2[nH]cc(-c3ccccc3F)c2=C(C(=C)CCCNCC(C)C)C1. The number of nitrogens with one attached hydrogen (secondary N) is 2. The lowest BCUT2D eigenvalue weighted by molar-refractivity contribution is 0.543. The Balaban J connectivity index is 1.95. The fourth-order valence-corrected chi connectivity index (χ4v) is 3.74. The molecule has 0 spiro atoms. The van der Waals surface area contributed by atoms with E-state index in [1.807, 2.05) is 18.3 Å². The van der Waals surface area contributed by atoms with Crippen LogP contribution in [0, 0.1) is 11.7 Å². The third kappa shape index (κ3) is 4.71. The zero-order chi connectivity index (χ0) is 20.1. The van der Waals surface area contributed by atoms with Crippen molar-refractivity contribution in [1.29, 1.82) is 0 Å². The molecule has 1 aliphatic rings. The summed E-state index contributed by atoms with van der Waals surface area (Å²) in [5, 5.41) is 5.63. The molecule has 2 N–H and O–H groups in total. The molecule has 28 heavy (non-hydrogen) atoms. The van der Waals surface area contributed by atoms with E-state index in [1.165, 1.54) is 11.6 Å². The van der Waals surface area contributed by atoms with Crippen LogP contribution < -0.4 is 15.9 Å². The molecule has 1 heterocycles. The lowest BCUT2D eigenvalue weighted by Crippen LogP contribution is -2.26. The summed E-state index contributed by atoms with van der Waals surface area (Å²) in [4.78, 5) is 3.35. The molecular weight excluding hydrogens is 347 g/mol. The molecule has 3 heteroatoms.